The maximum absolute atomic E-state index is 13.0. The van der Waals surface area contributed by atoms with Gasteiger partial charge in [-0.05, 0) is 32.2 Å². The highest BCUT2D eigenvalue weighted by Gasteiger charge is 2.24. The molecule has 1 unspecified atom stereocenters. The quantitative estimate of drug-likeness (QED) is 0.255. The van der Waals surface area contributed by atoms with Crippen molar-refractivity contribution in [1.29, 1.82) is 0 Å². The molecule has 8 heteroatoms. The predicted octanol–water partition coefficient (Wildman–Crippen LogP) is 4.36. The van der Waals surface area contributed by atoms with E-state index in [0.29, 0.717) is 0 Å². The molecule has 0 aliphatic rings. The average Bonchev–Trinajstić information content (AvgIpc) is 2.74. The Bertz CT molecular complexity index is 825. The largest absolute Gasteiger partial charge is 0.403 e. The van der Waals surface area contributed by atoms with Gasteiger partial charge in [0.1, 0.15) is 11.7 Å². The van der Waals surface area contributed by atoms with E-state index in [1.807, 2.05) is 27.7 Å². The lowest BCUT2D eigenvalue weighted by Crippen LogP contribution is -2.32. The number of aliphatic imine (C=N–C) groups is 1. The fraction of sp³-hybridized carbons (Fsp3) is 0.409. The van der Waals surface area contributed by atoms with E-state index in [-0.39, 0.29) is 42.0 Å². The highest BCUT2D eigenvalue weighted by molar-refractivity contribution is 6.04. The van der Waals surface area contributed by atoms with Gasteiger partial charge >= 0.3 is 5.63 Å². The van der Waals surface area contributed by atoms with Gasteiger partial charge in [-0.15, -0.1) is 0 Å². The number of rotatable bonds is 9. The molecule has 7 nitrogen and oxygen atoms in total. The minimum atomic E-state index is -1.34. The summed E-state index contributed by atoms with van der Waals surface area (Å²) < 4.78 is 17.8. The Labute approximate surface area is 177 Å². The molecule has 166 valence electrons. The Kier molecular flexibility index (Phi) is 15.2. The van der Waals surface area contributed by atoms with Crippen molar-refractivity contribution in [2.24, 2.45) is 4.99 Å². The number of aryl methyl sites for hydroxylation is 1. The van der Waals surface area contributed by atoms with E-state index in [1.54, 1.807) is 0 Å². The summed E-state index contributed by atoms with van der Waals surface area (Å²) >= 11 is 0. The molecule has 1 atom stereocenters. The van der Waals surface area contributed by atoms with Crippen LogP contribution in [0.4, 0.5) is 10.3 Å². The van der Waals surface area contributed by atoms with Gasteiger partial charge in [0.2, 0.25) is 12.3 Å². The Balaban J connectivity index is 0. The van der Waals surface area contributed by atoms with Gasteiger partial charge in [0.25, 0.3) is 5.91 Å². The summed E-state index contributed by atoms with van der Waals surface area (Å²) in [7, 11) is 0. The molecule has 1 rings (SSSR count). The molecule has 0 bridgehead atoms. The zero-order chi connectivity index (χ0) is 23.9. The van der Waals surface area contributed by atoms with Crippen LogP contribution in [0.5, 0.6) is 0 Å². The first-order valence-corrected chi connectivity index (χ1v) is 9.64. The zero-order valence-corrected chi connectivity index (χ0v) is 18.5. The molecule has 2 amide bonds. The van der Waals surface area contributed by atoms with Crippen molar-refractivity contribution in [3.63, 3.8) is 0 Å². The smallest absolute Gasteiger partial charge is 0.337 e. The maximum atomic E-state index is 13.0. The van der Waals surface area contributed by atoms with E-state index >= 15 is 0 Å². The fourth-order valence-electron chi connectivity index (χ4n) is 2.20. The number of carbonyl (C=O) groups is 3. The van der Waals surface area contributed by atoms with Crippen molar-refractivity contribution >= 4 is 30.7 Å². The SMILES string of the molecule is C=C/C(=C\C(C)F)C(=O)CCN(C=O)C(=O)c1c(C)cc(=O)oc1N=C.CC.CC. The first kappa shape index (κ1) is 29.0. The summed E-state index contributed by atoms with van der Waals surface area (Å²) in [4.78, 5) is 51.5. The molecule has 1 aromatic rings. The van der Waals surface area contributed by atoms with Gasteiger partial charge in [-0.3, -0.25) is 19.3 Å². The van der Waals surface area contributed by atoms with Crippen molar-refractivity contribution in [2.75, 3.05) is 6.54 Å². The zero-order valence-electron chi connectivity index (χ0n) is 18.5. The second-order valence-corrected chi connectivity index (χ2v) is 5.37. The second-order valence-electron chi connectivity index (χ2n) is 5.37. The Morgan fingerprint density at radius 1 is 1.30 bits per heavy atom. The number of allylic oxidation sites excluding steroid dienone is 3. The number of hydrogen-bond donors (Lipinski definition) is 0. The number of amides is 2. The van der Waals surface area contributed by atoms with Gasteiger partial charge in [0, 0.05) is 24.6 Å². The standard InChI is InChI=1S/C18H19FN2O5.2C2H6/c1-5-13(9-12(3)19)14(23)6-7-21(10-22)18(25)16-11(2)8-15(24)26-17(16)20-4;2*1-2/h5,8-10,12H,1,4,6-7H2,2-3H3;2*1-2H3/b13-9+;;. The summed E-state index contributed by atoms with van der Waals surface area (Å²) in [6, 6.07) is 1.08. The number of ketones is 1. The van der Waals surface area contributed by atoms with Gasteiger partial charge < -0.3 is 4.42 Å². The predicted molar refractivity (Wildman–Crippen MR) is 117 cm³/mol. The highest BCUT2D eigenvalue weighted by atomic mass is 19.1. The summed E-state index contributed by atoms with van der Waals surface area (Å²) in [5, 5.41) is 0. The van der Waals surface area contributed by atoms with Crippen molar-refractivity contribution < 1.29 is 23.2 Å². The molecular weight excluding hydrogens is 391 g/mol. The number of nitrogens with zero attached hydrogens (tertiary/aromatic N) is 2. The van der Waals surface area contributed by atoms with Crippen LogP contribution < -0.4 is 5.63 Å². The van der Waals surface area contributed by atoms with Crippen LogP contribution in [-0.4, -0.2) is 42.4 Å². The molecule has 0 aromatic carbocycles. The summed E-state index contributed by atoms with van der Waals surface area (Å²) in [6.07, 6.45) is 0.996. The molecule has 0 spiro atoms. The van der Waals surface area contributed by atoms with Gasteiger partial charge in [0.15, 0.2) is 5.78 Å². The van der Waals surface area contributed by atoms with E-state index in [0.717, 1.165) is 17.0 Å². The number of carbonyl (C=O) groups excluding carboxylic acids is 3. The third-order valence-electron chi connectivity index (χ3n) is 3.42. The van der Waals surface area contributed by atoms with Crippen molar-refractivity contribution in [3.05, 3.63) is 51.9 Å². The first-order valence-electron chi connectivity index (χ1n) is 9.64. The molecule has 0 saturated carbocycles. The summed E-state index contributed by atoms with van der Waals surface area (Å²) in [5.74, 6) is -1.57. The Hall–Kier alpha value is -3.16. The number of alkyl halides is 1. The molecule has 30 heavy (non-hydrogen) atoms. The normalized spacial score (nSPS) is 11.0. The van der Waals surface area contributed by atoms with E-state index in [2.05, 4.69) is 18.3 Å². The van der Waals surface area contributed by atoms with Crippen LogP contribution in [0.3, 0.4) is 0 Å². The van der Waals surface area contributed by atoms with Crippen molar-refractivity contribution in [3.8, 4) is 0 Å². The van der Waals surface area contributed by atoms with Crippen LogP contribution in [0, 0.1) is 6.92 Å². The minimum absolute atomic E-state index is 0.0635. The number of imide groups is 1. The number of halogens is 1. The number of hydrogen-bond acceptors (Lipinski definition) is 6. The molecular formula is C22H31FN2O5. The van der Waals surface area contributed by atoms with E-state index in [1.165, 1.54) is 19.9 Å². The lowest BCUT2D eigenvalue weighted by atomic mass is 10.1. The number of Topliss-reactive ketones (excluding diaryl/α,β-unsaturated/α-hetero) is 1. The van der Waals surface area contributed by atoms with Crippen LogP contribution >= 0.6 is 0 Å². The Morgan fingerprint density at radius 3 is 2.30 bits per heavy atom. The lowest BCUT2D eigenvalue weighted by molar-refractivity contribution is -0.117. The Morgan fingerprint density at radius 2 is 1.87 bits per heavy atom. The first-order chi connectivity index (χ1) is 14.2. The van der Waals surface area contributed by atoms with Gasteiger partial charge in [0.05, 0.1) is 0 Å². The van der Waals surface area contributed by atoms with E-state index in [4.69, 9.17) is 4.42 Å². The third kappa shape index (κ3) is 8.89. The second kappa shape index (κ2) is 15.7. The molecule has 1 heterocycles. The molecule has 0 aliphatic carbocycles. The average molecular weight is 422 g/mol. The molecule has 0 fully saturated rings. The van der Waals surface area contributed by atoms with Crippen LogP contribution in [-0.2, 0) is 9.59 Å². The molecule has 0 N–H and O–H groups in total. The fourth-order valence-corrected chi connectivity index (χ4v) is 2.20. The van der Waals surface area contributed by atoms with Gasteiger partial charge in [-0.2, -0.15) is 0 Å². The topological polar surface area (TPSA) is 97.0 Å². The molecule has 0 radical (unpaired) electrons. The van der Waals surface area contributed by atoms with Crippen LogP contribution in [0.1, 0.15) is 57.0 Å². The molecule has 0 aliphatic heterocycles. The monoisotopic (exact) mass is 422 g/mol. The van der Waals surface area contributed by atoms with Crippen LogP contribution in [0.15, 0.2) is 44.6 Å². The van der Waals surface area contributed by atoms with Gasteiger partial charge in [-0.25, -0.2) is 14.2 Å². The minimum Gasteiger partial charge on any atom is -0.403 e. The summed E-state index contributed by atoms with van der Waals surface area (Å²) in [5.41, 5.74) is -0.496. The molecule has 1 aromatic heterocycles. The van der Waals surface area contributed by atoms with Crippen molar-refractivity contribution in [1.82, 2.24) is 4.90 Å². The third-order valence-corrected chi connectivity index (χ3v) is 3.42. The highest BCUT2D eigenvalue weighted by Crippen LogP contribution is 2.22. The van der Waals surface area contributed by atoms with E-state index in [9.17, 15) is 23.6 Å². The van der Waals surface area contributed by atoms with Crippen LogP contribution in [0.25, 0.3) is 0 Å². The van der Waals surface area contributed by atoms with Crippen LogP contribution in [0.2, 0.25) is 0 Å². The van der Waals surface area contributed by atoms with Crippen molar-refractivity contribution in [2.45, 2.75) is 54.1 Å². The molecule has 0 saturated heterocycles. The van der Waals surface area contributed by atoms with Gasteiger partial charge in [-0.1, -0.05) is 40.3 Å². The maximum Gasteiger partial charge on any atom is 0.337 e. The summed E-state index contributed by atoms with van der Waals surface area (Å²) in [6.45, 7) is 17.2. The van der Waals surface area contributed by atoms with E-state index < -0.39 is 23.5 Å². The lowest BCUT2D eigenvalue weighted by Gasteiger charge is -2.17.